The molecule has 0 saturated carbocycles. The fourth-order valence-corrected chi connectivity index (χ4v) is 3.26. The largest absolute Gasteiger partial charge is 0.478 e. The summed E-state index contributed by atoms with van der Waals surface area (Å²) in [6.07, 6.45) is 4.75. The molecule has 0 aliphatic carbocycles. The minimum absolute atomic E-state index is 0.188. The summed E-state index contributed by atoms with van der Waals surface area (Å²) in [7, 11) is 0. The monoisotopic (exact) mass is 366 g/mol. The number of furan rings is 1. The molecule has 1 aromatic carbocycles. The second-order valence-corrected chi connectivity index (χ2v) is 6.50. The average Bonchev–Trinajstić information content (AvgIpc) is 3.17. The van der Waals surface area contributed by atoms with Gasteiger partial charge in [-0.1, -0.05) is 12.1 Å². The Balaban J connectivity index is 1.76. The first-order valence-corrected chi connectivity index (χ1v) is 8.29. The van der Waals surface area contributed by atoms with Gasteiger partial charge in [-0.3, -0.25) is 19.9 Å². The van der Waals surface area contributed by atoms with Gasteiger partial charge in [-0.2, -0.15) is 0 Å². The third-order valence-corrected chi connectivity index (χ3v) is 4.61. The van der Waals surface area contributed by atoms with E-state index < -0.39 is 17.1 Å². The number of hydrogen-bond acceptors (Lipinski definition) is 6. The first-order chi connectivity index (χ1) is 12.5. The van der Waals surface area contributed by atoms with Crippen molar-refractivity contribution in [3.8, 4) is 11.1 Å². The number of aromatic nitrogens is 1. The van der Waals surface area contributed by atoms with E-state index >= 15 is 0 Å². The Morgan fingerprint density at radius 1 is 1.19 bits per heavy atom. The van der Waals surface area contributed by atoms with E-state index in [2.05, 4.69) is 10.3 Å². The van der Waals surface area contributed by atoms with Gasteiger partial charge in [-0.15, -0.1) is 0 Å². The highest BCUT2D eigenvalue weighted by molar-refractivity contribution is 8.18. The minimum atomic E-state index is -0.998. The summed E-state index contributed by atoms with van der Waals surface area (Å²) in [4.78, 5) is 38.3. The Morgan fingerprint density at radius 2 is 1.96 bits per heavy atom. The van der Waals surface area contributed by atoms with Crippen molar-refractivity contribution in [1.82, 2.24) is 10.3 Å². The number of nitrogens with zero attached hydrogens (tertiary/aromatic N) is 1. The van der Waals surface area contributed by atoms with Gasteiger partial charge in [0.05, 0.1) is 10.5 Å². The number of benzene rings is 1. The number of carbonyl (C=O) groups excluding carboxylic acids is 2. The molecule has 26 heavy (non-hydrogen) atoms. The van der Waals surface area contributed by atoms with Crippen LogP contribution in [0.1, 0.15) is 16.1 Å². The highest BCUT2D eigenvalue weighted by atomic mass is 32.2. The molecule has 0 radical (unpaired) electrons. The molecule has 4 rings (SSSR count). The number of fused-ring (bicyclic) bond motifs is 1. The van der Waals surface area contributed by atoms with Crippen molar-refractivity contribution in [3.63, 3.8) is 0 Å². The number of imide groups is 1. The summed E-state index contributed by atoms with van der Waals surface area (Å²) in [5.74, 6) is -1.03. The van der Waals surface area contributed by atoms with Crippen molar-refractivity contribution < 1.29 is 23.9 Å². The van der Waals surface area contributed by atoms with E-state index in [1.165, 1.54) is 18.2 Å². The SMILES string of the molecule is O=C1NC(=O)/C(=C/c2cc3cncc(-c4ccc(C(=O)O)cc4)c3o2)S1. The lowest BCUT2D eigenvalue weighted by molar-refractivity contribution is -0.115. The molecule has 1 aliphatic heterocycles. The van der Waals surface area contributed by atoms with Crippen LogP contribution in [0.4, 0.5) is 4.79 Å². The Morgan fingerprint density at radius 3 is 2.62 bits per heavy atom. The predicted molar refractivity (Wildman–Crippen MR) is 95.5 cm³/mol. The zero-order chi connectivity index (χ0) is 18.3. The zero-order valence-corrected chi connectivity index (χ0v) is 13.9. The first-order valence-electron chi connectivity index (χ1n) is 7.47. The molecule has 1 aliphatic rings. The molecule has 2 N–H and O–H groups in total. The van der Waals surface area contributed by atoms with Gasteiger partial charge in [-0.05, 0) is 35.5 Å². The molecule has 3 heterocycles. The van der Waals surface area contributed by atoms with Gasteiger partial charge in [0, 0.05) is 29.4 Å². The van der Waals surface area contributed by atoms with Crippen LogP contribution in [0.25, 0.3) is 28.2 Å². The molecular formula is C18H10N2O5S. The Kier molecular flexibility index (Phi) is 3.81. The quantitative estimate of drug-likeness (QED) is 0.683. The maximum Gasteiger partial charge on any atom is 0.335 e. The molecule has 3 aromatic rings. The van der Waals surface area contributed by atoms with Crippen LogP contribution in [0.2, 0.25) is 0 Å². The van der Waals surface area contributed by atoms with Crippen LogP contribution >= 0.6 is 11.8 Å². The van der Waals surface area contributed by atoms with Gasteiger partial charge >= 0.3 is 5.97 Å². The van der Waals surface area contributed by atoms with Gasteiger partial charge in [0.25, 0.3) is 11.1 Å². The normalized spacial score (nSPS) is 15.6. The lowest BCUT2D eigenvalue weighted by Gasteiger charge is -2.02. The van der Waals surface area contributed by atoms with E-state index in [4.69, 9.17) is 9.52 Å². The van der Waals surface area contributed by atoms with E-state index in [0.29, 0.717) is 16.9 Å². The van der Waals surface area contributed by atoms with E-state index in [0.717, 1.165) is 22.7 Å². The molecule has 2 amide bonds. The summed E-state index contributed by atoms with van der Waals surface area (Å²) < 4.78 is 5.84. The number of thioether (sulfide) groups is 1. The molecule has 0 atom stereocenters. The first kappa shape index (κ1) is 16.1. The molecule has 0 bridgehead atoms. The van der Waals surface area contributed by atoms with Crippen LogP contribution in [0.15, 0.2) is 52.0 Å². The van der Waals surface area contributed by atoms with Gasteiger partial charge in [0.2, 0.25) is 0 Å². The number of amides is 2. The molecule has 128 valence electrons. The molecule has 0 spiro atoms. The van der Waals surface area contributed by atoms with Crippen molar-refractivity contribution >= 4 is 45.9 Å². The topological polar surface area (TPSA) is 110 Å². The Bertz CT molecular complexity index is 1100. The second kappa shape index (κ2) is 6.16. The smallest absolute Gasteiger partial charge is 0.335 e. The van der Waals surface area contributed by atoms with Gasteiger partial charge in [-0.25, -0.2) is 4.79 Å². The number of hydrogen-bond donors (Lipinski definition) is 2. The third-order valence-electron chi connectivity index (χ3n) is 3.80. The van der Waals surface area contributed by atoms with Crippen LogP contribution in [-0.2, 0) is 4.79 Å². The molecule has 8 heteroatoms. The standard InChI is InChI=1S/C18H10N2O5S/c21-16-14(26-18(24)20-16)6-12-5-11-7-19-8-13(15(11)25-12)9-1-3-10(4-2-9)17(22)23/h1-8H,(H,22,23)(H,20,21,24)/b14-6-. The number of carbonyl (C=O) groups is 3. The Hall–Kier alpha value is -3.39. The van der Waals surface area contributed by atoms with E-state index in [-0.39, 0.29) is 10.5 Å². The maximum atomic E-state index is 11.7. The van der Waals surface area contributed by atoms with Crippen LogP contribution in [0, 0.1) is 0 Å². The number of carboxylic acid groups (broad SMARTS) is 1. The highest BCUT2D eigenvalue weighted by Crippen LogP contribution is 2.32. The summed E-state index contributed by atoms with van der Waals surface area (Å²) in [5.41, 5.74) is 2.20. The number of rotatable bonds is 3. The van der Waals surface area contributed by atoms with Crippen LogP contribution < -0.4 is 5.32 Å². The summed E-state index contributed by atoms with van der Waals surface area (Å²) >= 11 is 0.814. The number of nitrogens with one attached hydrogen (secondary N) is 1. The van der Waals surface area contributed by atoms with Gasteiger partial charge in [0.15, 0.2) is 0 Å². The third kappa shape index (κ3) is 2.86. The zero-order valence-electron chi connectivity index (χ0n) is 13.1. The van der Waals surface area contributed by atoms with Gasteiger partial charge in [0.1, 0.15) is 11.3 Å². The summed E-state index contributed by atoms with van der Waals surface area (Å²) in [5, 5.41) is 11.5. The van der Waals surface area contributed by atoms with Crippen LogP contribution in [0.5, 0.6) is 0 Å². The van der Waals surface area contributed by atoms with Crippen molar-refractivity contribution in [2.24, 2.45) is 0 Å². The fraction of sp³-hybridized carbons (Fsp3) is 0. The van der Waals surface area contributed by atoms with Crippen molar-refractivity contribution in [3.05, 3.63) is 59.0 Å². The molecule has 2 aromatic heterocycles. The summed E-state index contributed by atoms with van der Waals surface area (Å²) in [6, 6.07) is 8.10. The van der Waals surface area contributed by atoms with Gasteiger partial charge < -0.3 is 9.52 Å². The van der Waals surface area contributed by atoms with Crippen molar-refractivity contribution in [1.29, 1.82) is 0 Å². The second-order valence-electron chi connectivity index (χ2n) is 5.49. The predicted octanol–water partition coefficient (Wildman–Crippen LogP) is 3.52. The van der Waals surface area contributed by atoms with E-state index in [1.54, 1.807) is 30.6 Å². The fourth-order valence-electron chi connectivity index (χ4n) is 2.60. The molecule has 1 fully saturated rings. The summed E-state index contributed by atoms with van der Waals surface area (Å²) in [6.45, 7) is 0. The van der Waals surface area contributed by atoms with Crippen LogP contribution in [-0.4, -0.2) is 27.2 Å². The number of aromatic carboxylic acids is 1. The molecule has 7 nitrogen and oxygen atoms in total. The van der Waals surface area contributed by atoms with Crippen molar-refractivity contribution in [2.45, 2.75) is 0 Å². The lowest BCUT2D eigenvalue weighted by atomic mass is 10.0. The number of pyridine rings is 1. The maximum absolute atomic E-state index is 11.7. The van der Waals surface area contributed by atoms with E-state index in [9.17, 15) is 14.4 Å². The minimum Gasteiger partial charge on any atom is -0.478 e. The average molecular weight is 366 g/mol. The van der Waals surface area contributed by atoms with Crippen molar-refractivity contribution in [2.75, 3.05) is 0 Å². The highest BCUT2D eigenvalue weighted by Gasteiger charge is 2.25. The lowest BCUT2D eigenvalue weighted by Crippen LogP contribution is -2.17. The van der Waals surface area contributed by atoms with E-state index in [1.807, 2.05) is 0 Å². The molecular weight excluding hydrogens is 356 g/mol. The Labute approximate surface area is 150 Å². The number of carboxylic acids is 1. The molecule has 0 unspecified atom stereocenters. The molecule has 1 saturated heterocycles. The van der Waals surface area contributed by atoms with Crippen LogP contribution in [0.3, 0.4) is 0 Å².